The molecule has 2 bridgehead atoms. The van der Waals surface area contributed by atoms with Crippen molar-refractivity contribution in [1.29, 1.82) is 0 Å². The van der Waals surface area contributed by atoms with E-state index in [4.69, 9.17) is 10.5 Å². The number of nitrogens with zero attached hydrogens (tertiary/aromatic N) is 2. The summed E-state index contributed by atoms with van der Waals surface area (Å²) >= 11 is 0. The number of aliphatic hydroxyl groups is 1. The second kappa shape index (κ2) is 7.29. The van der Waals surface area contributed by atoms with Gasteiger partial charge in [0.2, 0.25) is 0 Å². The number of rotatable bonds is 5. The van der Waals surface area contributed by atoms with Gasteiger partial charge in [-0.05, 0) is 86.4 Å². The molecule has 1 saturated heterocycles. The lowest BCUT2D eigenvalue weighted by Crippen LogP contribution is -2.74. The molecule has 8 rings (SSSR count). The van der Waals surface area contributed by atoms with Gasteiger partial charge in [-0.3, -0.25) is 9.89 Å². The standard InChI is InChI=1S/C30H34N4O3/c1-16(31)32-10-8-17-4-6-22-20(12-17)21-14-30(36)24-13-19-5-7-23(35)27-25(19)29(30,28(37-27)26(21)33-22)9-11-34(24)15-18-2-3-18/h4-7,12,18,24,28,33,35-36H,2-3,8-11,13-15H2,1H3,(H2,31,32)/t24-,28+,29+,30-/m1/s1. The van der Waals surface area contributed by atoms with Gasteiger partial charge in [0.25, 0.3) is 0 Å². The van der Waals surface area contributed by atoms with Crippen LogP contribution < -0.4 is 10.5 Å². The molecule has 5 aliphatic rings. The summed E-state index contributed by atoms with van der Waals surface area (Å²) in [5, 5.41) is 25.0. The zero-order valence-corrected chi connectivity index (χ0v) is 21.3. The Bertz CT molecular complexity index is 1490. The number of nitrogens with two attached hydrogens (primary N) is 1. The highest BCUT2D eigenvalue weighted by Crippen LogP contribution is 2.69. The van der Waals surface area contributed by atoms with Gasteiger partial charge in [-0.2, -0.15) is 0 Å². The van der Waals surface area contributed by atoms with E-state index in [0.717, 1.165) is 66.0 Å². The second-order valence-corrected chi connectivity index (χ2v) is 12.1. The highest BCUT2D eigenvalue weighted by atomic mass is 16.5. The maximum Gasteiger partial charge on any atom is 0.166 e. The molecule has 2 fully saturated rings. The summed E-state index contributed by atoms with van der Waals surface area (Å²) in [6.45, 7) is 4.51. The molecule has 2 aromatic carbocycles. The molecule has 7 nitrogen and oxygen atoms in total. The number of benzene rings is 2. The van der Waals surface area contributed by atoms with E-state index in [2.05, 4.69) is 39.1 Å². The molecule has 37 heavy (non-hydrogen) atoms. The quantitative estimate of drug-likeness (QED) is 0.318. The molecule has 4 atom stereocenters. The molecule has 3 heterocycles. The van der Waals surface area contributed by atoms with Crippen LogP contribution in [-0.4, -0.2) is 57.2 Å². The van der Waals surface area contributed by atoms with Gasteiger partial charge in [0.15, 0.2) is 17.6 Å². The molecule has 2 aliphatic heterocycles. The molecule has 0 amide bonds. The van der Waals surface area contributed by atoms with Crippen molar-refractivity contribution in [2.45, 2.75) is 68.6 Å². The van der Waals surface area contributed by atoms with E-state index in [-0.39, 0.29) is 17.9 Å². The Labute approximate surface area is 216 Å². The van der Waals surface area contributed by atoms with Crippen molar-refractivity contribution in [2.24, 2.45) is 16.6 Å². The van der Waals surface area contributed by atoms with Crippen molar-refractivity contribution >= 4 is 16.7 Å². The van der Waals surface area contributed by atoms with E-state index in [1.807, 2.05) is 6.92 Å². The van der Waals surface area contributed by atoms with Crippen LogP contribution in [0.5, 0.6) is 11.5 Å². The number of aromatic nitrogens is 1. The molecule has 1 aromatic heterocycles. The SMILES string of the molecule is CC(N)=NCCc1ccc2[nH]c3c(c2c1)C[C@@]1(O)[C@H]2Cc4ccc(O)c5c4[C@@]1(CCN2CC1CC1)[C@H]3O5. The molecular formula is C30H34N4O3. The fraction of sp³-hybridized carbons (Fsp3) is 0.500. The number of hydrogen-bond acceptors (Lipinski definition) is 5. The Morgan fingerprint density at radius 1 is 1.27 bits per heavy atom. The molecule has 192 valence electrons. The lowest BCUT2D eigenvalue weighted by molar-refractivity contribution is -0.173. The molecule has 0 radical (unpaired) electrons. The van der Waals surface area contributed by atoms with Crippen LogP contribution in [0.3, 0.4) is 0 Å². The summed E-state index contributed by atoms with van der Waals surface area (Å²) in [5.41, 5.74) is 11.0. The summed E-state index contributed by atoms with van der Waals surface area (Å²) in [7, 11) is 0. The maximum atomic E-state index is 13.0. The number of aliphatic imine (C=N–C) groups is 1. The smallest absolute Gasteiger partial charge is 0.166 e. The Balaban J connectivity index is 1.30. The number of aromatic amines is 1. The van der Waals surface area contributed by atoms with E-state index in [1.165, 1.54) is 24.0 Å². The van der Waals surface area contributed by atoms with Crippen LogP contribution in [0.25, 0.3) is 10.9 Å². The second-order valence-electron chi connectivity index (χ2n) is 12.1. The summed E-state index contributed by atoms with van der Waals surface area (Å²) in [6, 6.07) is 10.4. The van der Waals surface area contributed by atoms with Gasteiger partial charge in [-0.15, -0.1) is 0 Å². The van der Waals surface area contributed by atoms with Crippen molar-refractivity contribution < 1.29 is 14.9 Å². The number of aromatic hydroxyl groups is 1. The Morgan fingerprint density at radius 3 is 2.95 bits per heavy atom. The van der Waals surface area contributed by atoms with Crippen LogP contribution in [0.1, 0.15) is 60.2 Å². The molecule has 3 aromatic rings. The van der Waals surface area contributed by atoms with Gasteiger partial charge in [0, 0.05) is 42.0 Å². The Hall–Kier alpha value is -3.03. The minimum Gasteiger partial charge on any atom is -0.504 e. The fourth-order valence-electron chi connectivity index (χ4n) is 8.19. The number of hydrogen-bond donors (Lipinski definition) is 4. The molecule has 3 aliphatic carbocycles. The third-order valence-electron chi connectivity index (χ3n) is 9.99. The number of phenols is 1. The van der Waals surface area contributed by atoms with Crippen molar-refractivity contribution in [1.82, 2.24) is 9.88 Å². The van der Waals surface area contributed by atoms with E-state index in [9.17, 15) is 10.2 Å². The number of likely N-dealkylation sites (tertiary alicyclic amines) is 1. The fourth-order valence-corrected chi connectivity index (χ4v) is 8.19. The third-order valence-corrected chi connectivity index (χ3v) is 9.99. The average Bonchev–Trinajstić information content (AvgIpc) is 3.51. The third kappa shape index (κ3) is 2.82. The van der Waals surface area contributed by atoms with Crippen molar-refractivity contribution in [2.75, 3.05) is 19.6 Å². The van der Waals surface area contributed by atoms with Crippen molar-refractivity contribution in [3.8, 4) is 11.5 Å². The number of H-pyrrole nitrogens is 1. The number of fused-ring (bicyclic) bond motifs is 4. The first kappa shape index (κ1) is 22.0. The largest absolute Gasteiger partial charge is 0.504 e. The Morgan fingerprint density at radius 2 is 2.14 bits per heavy atom. The highest BCUT2D eigenvalue weighted by molar-refractivity contribution is 5.87. The molecular weight excluding hydrogens is 464 g/mol. The van der Waals surface area contributed by atoms with Crippen LogP contribution in [0.4, 0.5) is 0 Å². The van der Waals surface area contributed by atoms with Gasteiger partial charge in [0.1, 0.15) is 0 Å². The maximum absolute atomic E-state index is 13.0. The lowest BCUT2D eigenvalue weighted by atomic mass is 9.49. The average molecular weight is 499 g/mol. The van der Waals surface area contributed by atoms with Gasteiger partial charge in [-0.25, -0.2) is 0 Å². The summed E-state index contributed by atoms with van der Waals surface area (Å²) in [6.07, 6.45) is 5.30. The zero-order valence-electron chi connectivity index (χ0n) is 21.3. The minimum absolute atomic E-state index is 0.0408. The zero-order chi connectivity index (χ0) is 25.1. The van der Waals surface area contributed by atoms with Crippen LogP contribution in [0.2, 0.25) is 0 Å². The first-order chi connectivity index (χ1) is 17.9. The summed E-state index contributed by atoms with van der Waals surface area (Å²) in [5.74, 6) is 2.13. The van der Waals surface area contributed by atoms with Crippen molar-refractivity contribution in [3.63, 3.8) is 0 Å². The normalized spacial score (nSPS) is 31.8. The number of amidine groups is 1. The summed E-state index contributed by atoms with van der Waals surface area (Å²) < 4.78 is 6.69. The molecule has 0 unspecified atom stereocenters. The monoisotopic (exact) mass is 498 g/mol. The van der Waals surface area contributed by atoms with E-state index >= 15 is 0 Å². The van der Waals surface area contributed by atoms with Crippen LogP contribution in [-0.2, 0) is 24.7 Å². The minimum atomic E-state index is -0.962. The number of phenolic OH excluding ortho intramolecular Hbond substituents is 1. The summed E-state index contributed by atoms with van der Waals surface area (Å²) in [4.78, 5) is 10.6. The van der Waals surface area contributed by atoms with Crippen LogP contribution >= 0.6 is 0 Å². The van der Waals surface area contributed by atoms with Crippen molar-refractivity contribution in [3.05, 3.63) is 58.3 Å². The van der Waals surface area contributed by atoms with Crippen LogP contribution in [0, 0.1) is 5.92 Å². The van der Waals surface area contributed by atoms with Crippen LogP contribution in [0.15, 0.2) is 35.3 Å². The van der Waals surface area contributed by atoms with Gasteiger partial charge in [-0.1, -0.05) is 12.1 Å². The first-order valence-electron chi connectivity index (χ1n) is 13.8. The van der Waals surface area contributed by atoms with E-state index in [1.54, 1.807) is 6.07 Å². The number of piperidine rings is 1. The van der Waals surface area contributed by atoms with Gasteiger partial charge in [0.05, 0.1) is 22.5 Å². The Kier molecular flexibility index (Phi) is 4.34. The lowest BCUT2D eigenvalue weighted by Gasteiger charge is -2.62. The topological polar surface area (TPSA) is 107 Å². The van der Waals surface area contributed by atoms with Gasteiger partial charge >= 0.3 is 0 Å². The molecule has 5 N–H and O–H groups in total. The van der Waals surface area contributed by atoms with E-state index < -0.39 is 11.0 Å². The molecule has 1 spiro atoms. The predicted octanol–water partition coefficient (Wildman–Crippen LogP) is 3.49. The number of nitrogens with one attached hydrogen (secondary N) is 1. The van der Waals surface area contributed by atoms with Gasteiger partial charge < -0.3 is 25.7 Å². The predicted molar refractivity (Wildman–Crippen MR) is 142 cm³/mol. The molecule has 7 heteroatoms. The first-order valence-corrected chi connectivity index (χ1v) is 13.8. The van der Waals surface area contributed by atoms with E-state index in [0.29, 0.717) is 24.6 Å². The number of ether oxygens (including phenoxy) is 1. The highest BCUT2D eigenvalue weighted by Gasteiger charge is 2.72. The molecule has 1 saturated carbocycles.